The Kier molecular flexibility index (Phi) is 8.75. The first-order valence-electron chi connectivity index (χ1n) is 8.56. The molecule has 0 aliphatic carbocycles. The minimum absolute atomic E-state index is 0. The maximum Gasteiger partial charge on any atom is 2.00 e. The van der Waals surface area contributed by atoms with Gasteiger partial charge in [0.05, 0.1) is 0 Å². The molecule has 0 bridgehead atoms. The molecule has 0 aliphatic heterocycles. The molecule has 4 aromatic rings. The van der Waals surface area contributed by atoms with Crippen LogP contribution < -0.4 is 0 Å². The maximum absolute atomic E-state index is 4.25. The van der Waals surface area contributed by atoms with Crippen LogP contribution >= 0.6 is 12.6 Å². The summed E-state index contributed by atoms with van der Waals surface area (Å²) in [4.78, 5) is 0. The fourth-order valence-corrected chi connectivity index (χ4v) is 2.68. The fraction of sp³-hybridized carbons (Fsp3) is 0.0400. The predicted molar refractivity (Wildman–Crippen MR) is 115 cm³/mol. The van der Waals surface area contributed by atoms with Crippen LogP contribution in [0.4, 0.5) is 0 Å². The van der Waals surface area contributed by atoms with Crippen molar-refractivity contribution in [3.63, 3.8) is 0 Å². The number of rotatable bonds is 2. The van der Waals surface area contributed by atoms with Gasteiger partial charge in [-0.25, -0.2) is 12.1 Å². The quantitative estimate of drug-likeness (QED) is 0.171. The Morgan fingerprint density at radius 3 is 1.70 bits per heavy atom. The van der Waals surface area contributed by atoms with E-state index in [1.165, 1.54) is 16.7 Å². The van der Waals surface area contributed by atoms with Crippen molar-refractivity contribution in [1.82, 2.24) is 0 Å². The Morgan fingerprint density at radius 2 is 1.26 bits per heavy atom. The van der Waals surface area contributed by atoms with Gasteiger partial charge in [-0.15, -0.1) is 29.8 Å². The molecule has 0 N–H and O–H groups in total. The zero-order valence-corrected chi connectivity index (χ0v) is 16.8. The molecule has 0 saturated heterocycles. The second-order valence-corrected chi connectivity index (χ2v) is 6.13. The first kappa shape index (κ1) is 20.9. The average molecular weight is 408 g/mol. The van der Waals surface area contributed by atoms with Crippen LogP contribution in [0.25, 0.3) is 11.1 Å². The summed E-state index contributed by atoms with van der Waals surface area (Å²) in [5.41, 5.74) is 5.74. The molecular weight excluding hydrogens is 388 g/mol. The predicted octanol–water partition coefficient (Wildman–Crippen LogP) is 6.31. The summed E-state index contributed by atoms with van der Waals surface area (Å²) in [6.45, 7) is 0. The summed E-state index contributed by atoms with van der Waals surface area (Å²) in [6, 6.07) is 34.9. The Labute approximate surface area is 177 Å². The van der Waals surface area contributed by atoms with Crippen molar-refractivity contribution in [2.24, 2.45) is 0 Å². The summed E-state index contributed by atoms with van der Waals surface area (Å²) >= 11 is 4.25. The van der Waals surface area contributed by atoms with Gasteiger partial charge in [-0.1, -0.05) is 41.7 Å². The van der Waals surface area contributed by atoms with Crippen molar-refractivity contribution in [3.05, 3.63) is 120 Å². The average Bonchev–Trinajstić information content (AvgIpc) is 3.44. The number of hydrogen-bond donors (Lipinski definition) is 1. The second-order valence-electron chi connectivity index (χ2n) is 5.82. The number of thiol groups is 1. The van der Waals surface area contributed by atoms with Gasteiger partial charge in [0, 0.05) is 16.9 Å². The molecule has 0 spiro atoms. The van der Waals surface area contributed by atoms with Crippen LogP contribution in [0.3, 0.4) is 0 Å². The SMILES string of the molecule is SCc1ccc(C#Cc2ccc(-[c-]3cccc3)cc2)cc1.[Fe+2].c1cc[cH-]c1. The fourth-order valence-electron chi connectivity index (χ4n) is 2.47. The molecule has 27 heavy (non-hydrogen) atoms. The van der Waals surface area contributed by atoms with Crippen LogP contribution in [0, 0.1) is 11.8 Å². The molecule has 0 saturated carbocycles. The largest absolute Gasteiger partial charge is 2.00 e. The van der Waals surface area contributed by atoms with E-state index >= 15 is 0 Å². The van der Waals surface area contributed by atoms with E-state index in [-0.39, 0.29) is 17.1 Å². The Hall–Kier alpha value is -2.43. The molecule has 2 heteroatoms. The van der Waals surface area contributed by atoms with Crippen LogP contribution in [0.15, 0.2) is 103 Å². The van der Waals surface area contributed by atoms with Crippen molar-refractivity contribution in [2.75, 3.05) is 0 Å². The summed E-state index contributed by atoms with van der Waals surface area (Å²) in [5.74, 6) is 7.15. The summed E-state index contributed by atoms with van der Waals surface area (Å²) in [7, 11) is 0. The van der Waals surface area contributed by atoms with Gasteiger partial charge in [0.2, 0.25) is 0 Å². The van der Waals surface area contributed by atoms with Crippen molar-refractivity contribution in [2.45, 2.75) is 5.75 Å². The molecule has 134 valence electrons. The van der Waals surface area contributed by atoms with Gasteiger partial charge in [0.1, 0.15) is 0 Å². The Balaban J connectivity index is 0.000000379. The van der Waals surface area contributed by atoms with Gasteiger partial charge < -0.3 is 0 Å². The van der Waals surface area contributed by atoms with Crippen LogP contribution in [-0.4, -0.2) is 0 Å². The normalized spacial score (nSPS) is 9.22. The molecule has 4 aromatic carbocycles. The molecule has 0 radical (unpaired) electrons. The minimum Gasteiger partial charge on any atom is -0.214 e. The van der Waals surface area contributed by atoms with Gasteiger partial charge in [0.15, 0.2) is 0 Å². The van der Waals surface area contributed by atoms with E-state index in [1.54, 1.807) is 0 Å². The monoisotopic (exact) mass is 408 g/mol. The molecule has 0 aliphatic rings. The maximum atomic E-state index is 4.25. The first-order chi connectivity index (χ1) is 12.8. The first-order valence-corrected chi connectivity index (χ1v) is 9.19. The second kappa shape index (κ2) is 11.3. The van der Waals surface area contributed by atoms with Crippen molar-refractivity contribution >= 4 is 12.6 Å². The smallest absolute Gasteiger partial charge is 0.214 e. The summed E-state index contributed by atoms with van der Waals surface area (Å²) in [6.07, 6.45) is 0. The molecule has 0 fully saturated rings. The Bertz CT molecular complexity index is 919. The topological polar surface area (TPSA) is 0 Å². The molecule has 0 atom stereocenters. The molecule has 0 heterocycles. The zero-order chi connectivity index (χ0) is 18.0. The third kappa shape index (κ3) is 6.66. The summed E-state index contributed by atoms with van der Waals surface area (Å²) in [5, 5.41) is 0. The van der Waals surface area contributed by atoms with Gasteiger partial charge >= 0.3 is 17.1 Å². The van der Waals surface area contributed by atoms with Crippen LogP contribution in [0.5, 0.6) is 0 Å². The Morgan fingerprint density at radius 1 is 0.741 bits per heavy atom. The van der Waals surface area contributed by atoms with E-state index in [1.807, 2.05) is 42.5 Å². The van der Waals surface area contributed by atoms with Gasteiger partial charge in [-0.2, -0.15) is 43.0 Å². The van der Waals surface area contributed by atoms with Crippen LogP contribution in [0.1, 0.15) is 16.7 Å². The number of hydrogen-bond acceptors (Lipinski definition) is 1. The summed E-state index contributed by atoms with van der Waals surface area (Å²) < 4.78 is 0. The van der Waals surface area contributed by atoms with Gasteiger partial charge in [0.25, 0.3) is 0 Å². The van der Waals surface area contributed by atoms with E-state index < -0.39 is 0 Å². The van der Waals surface area contributed by atoms with Crippen molar-refractivity contribution < 1.29 is 17.1 Å². The van der Waals surface area contributed by atoms with Crippen molar-refractivity contribution in [1.29, 1.82) is 0 Å². The standard InChI is InChI=1S/C20H15S.C5H5.Fe/c21-15-18-9-7-16(8-10-18)5-6-17-11-13-20(14-12-17)19-3-1-2-4-19;1-2-4-5-3-1;/h1-4,7-14,21H,15H2;1-5H;/q2*-1;+2. The van der Waals surface area contributed by atoms with Crippen LogP contribution in [-0.2, 0) is 22.8 Å². The van der Waals surface area contributed by atoms with Gasteiger partial charge in [-0.05, 0) is 17.7 Å². The minimum atomic E-state index is 0. The molecule has 0 aromatic heterocycles. The zero-order valence-electron chi connectivity index (χ0n) is 14.8. The molecular formula is C25H20FeS. The van der Waals surface area contributed by atoms with Crippen molar-refractivity contribution in [3.8, 4) is 23.0 Å². The van der Waals surface area contributed by atoms with Crippen LogP contribution in [0.2, 0.25) is 0 Å². The number of benzene rings is 2. The third-order valence-electron chi connectivity index (χ3n) is 3.92. The van der Waals surface area contributed by atoms with E-state index in [0.29, 0.717) is 0 Å². The van der Waals surface area contributed by atoms with E-state index in [0.717, 1.165) is 16.9 Å². The van der Waals surface area contributed by atoms with Gasteiger partial charge in [-0.3, -0.25) is 0 Å². The molecule has 0 amide bonds. The molecule has 4 rings (SSSR count). The third-order valence-corrected chi connectivity index (χ3v) is 4.29. The van der Waals surface area contributed by atoms with E-state index in [9.17, 15) is 0 Å². The molecule has 0 nitrogen and oxygen atoms in total. The molecule has 0 unspecified atom stereocenters. The van der Waals surface area contributed by atoms with E-state index in [2.05, 4.69) is 85.1 Å². The van der Waals surface area contributed by atoms with E-state index in [4.69, 9.17) is 0 Å².